The number of carbonyl (C=O) groups excluding carboxylic acids is 2. The summed E-state index contributed by atoms with van der Waals surface area (Å²) in [6, 6.07) is 7.15. The monoisotopic (exact) mass is 300 g/mol. The fraction of sp³-hybridized carbons (Fsp3) is 0.333. The van der Waals surface area contributed by atoms with Gasteiger partial charge in [0.1, 0.15) is 0 Å². The van der Waals surface area contributed by atoms with Crippen molar-refractivity contribution in [2.24, 2.45) is 11.8 Å². The molecule has 2 nitrogen and oxygen atoms in total. The molecule has 0 saturated heterocycles. The summed E-state index contributed by atoms with van der Waals surface area (Å²) in [4.78, 5) is 25.2. The minimum absolute atomic E-state index is 0.0708. The van der Waals surface area contributed by atoms with Crippen molar-refractivity contribution in [2.45, 2.75) is 26.7 Å². The number of fused-ring (bicyclic) bond motifs is 1. The van der Waals surface area contributed by atoms with E-state index in [0.717, 1.165) is 5.56 Å². The molecule has 2 aliphatic carbocycles. The molecule has 108 valence electrons. The van der Waals surface area contributed by atoms with Gasteiger partial charge in [-0.05, 0) is 50.5 Å². The Labute approximate surface area is 129 Å². The molecular formula is C18H17ClO2. The fourth-order valence-corrected chi connectivity index (χ4v) is 3.46. The number of hydrogen-bond donors (Lipinski definition) is 0. The average molecular weight is 301 g/mol. The lowest BCUT2D eigenvalue weighted by molar-refractivity contribution is -0.128. The van der Waals surface area contributed by atoms with Crippen LogP contribution in [-0.2, 0) is 9.59 Å². The zero-order valence-corrected chi connectivity index (χ0v) is 12.9. The Balaban J connectivity index is 2.02. The molecule has 3 heteroatoms. The van der Waals surface area contributed by atoms with Gasteiger partial charge in [0, 0.05) is 22.4 Å². The molecule has 2 aliphatic rings. The van der Waals surface area contributed by atoms with E-state index in [0.29, 0.717) is 23.4 Å². The maximum absolute atomic E-state index is 12.8. The number of hydrogen-bond acceptors (Lipinski definition) is 2. The predicted octanol–water partition coefficient (Wildman–Crippen LogP) is 4.24. The van der Waals surface area contributed by atoms with Crippen molar-refractivity contribution >= 4 is 28.7 Å². The molecule has 0 aliphatic heterocycles. The number of halogens is 1. The number of rotatable bonds is 1. The first kappa shape index (κ1) is 14.3. The molecule has 0 heterocycles. The second kappa shape index (κ2) is 5.27. The van der Waals surface area contributed by atoms with Crippen molar-refractivity contribution in [3.8, 4) is 0 Å². The third-order valence-corrected chi connectivity index (χ3v) is 4.89. The van der Waals surface area contributed by atoms with Crippen LogP contribution in [0.2, 0.25) is 5.02 Å². The summed E-state index contributed by atoms with van der Waals surface area (Å²) in [6.07, 6.45) is 2.92. The normalized spacial score (nSPS) is 25.8. The van der Waals surface area contributed by atoms with Crippen LogP contribution in [0.15, 0.2) is 41.5 Å². The molecule has 2 atom stereocenters. The van der Waals surface area contributed by atoms with E-state index in [2.05, 4.69) is 13.8 Å². The molecule has 3 rings (SSSR count). The molecule has 0 bridgehead atoms. The van der Waals surface area contributed by atoms with Crippen LogP contribution in [0.25, 0.3) is 5.57 Å². The SMILES string of the molecule is CC1=C(C)C[C@H]2C(=O)C=C(c3cccc(Cl)c3)C(=O)[C@H]2C1. The van der Waals surface area contributed by atoms with E-state index in [4.69, 9.17) is 11.6 Å². The summed E-state index contributed by atoms with van der Waals surface area (Å²) in [5.74, 6) is -0.237. The summed E-state index contributed by atoms with van der Waals surface area (Å²) in [5.41, 5.74) is 3.74. The molecule has 0 unspecified atom stereocenters. The molecule has 0 radical (unpaired) electrons. The van der Waals surface area contributed by atoms with Crippen LogP contribution in [0.1, 0.15) is 32.3 Å². The standard InChI is InChI=1S/C18H17ClO2/c1-10-6-15-16(7-11(10)2)18(21)14(9-17(15)20)12-4-3-5-13(19)8-12/h3-5,8-9,15-16H,6-7H2,1-2H3/t15-,16+/m1/s1. The third-order valence-electron chi connectivity index (χ3n) is 4.66. The van der Waals surface area contributed by atoms with Gasteiger partial charge in [-0.1, -0.05) is 34.9 Å². The Morgan fingerprint density at radius 3 is 2.38 bits per heavy atom. The number of allylic oxidation sites excluding steroid dienone is 4. The van der Waals surface area contributed by atoms with E-state index < -0.39 is 0 Å². The second-order valence-corrected chi connectivity index (χ2v) is 6.45. The molecule has 0 saturated carbocycles. The van der Waals surface area contributed by atoms with Crippen molar-refractivity contribution in [3.05, 3.63) is 52.1 Å². The molecule has 0 aromatic heterocycles. The topological polar surface area (TPSA) is 34.1 Å². The first-order valence-corrected chi connectivity index (χ1v) is 7.56. The molecule has 21 heavy (non-hydrogen) atoms. The van der Waals surface area contributed by atoms with Crippen molar-refractivity contribution < 1.29 is 9.59 Å². The molecular weight excluding hydrogens is 284 g/mol. The highest BCUT2D eigenvalue weighted by Crippen LogP contribution is 2.41. The van der Waals surface area contributed by atoms with Gasteiger partial charge in [-0.25, -0.2) is 0 Å². The first-order valence-electron chi connectivity index (χ1n) is 7.18. The van der Waals surface area contributed by atoms with Gasteiger partial charge >= 0.3 is 0 Å². The quantitative estimate of drug-likeness (QED) is 0.727. The smallest absolute Gasteiger partial charge is 0.167 e. The van der Waals surface area contributed by atoms with E-state index in [1.165, 1.54) is 17.2 Å². The van der Waals surface area contributed by atoms with Crippen LogP contribution in [0.4, 0.5) is 0 Å². The van der Waals surface area contributed by atoms with E-state index in [-0.39, 0.29) is 23.4 Å². The summed E-state index contributed by atoms with van der Waals surface area (Å²) < 4.78 is 0. The Hall–Kier alpha value is -1.67. The maximum Gasteiger partial charge on any atom is 0.167 e. The van der Waals surface area contributed by atoms with Gasteiger partial charge in [0.15, 0.2) is 11.6 Å². The van der Waals surface area contributed by atoms with Gasteiger partial charge in [-0.15, -0.1) is 0 Å². The third kappa shape index (κ3) is 2.49. The van der Waals surface area contributed by atoms with Crippen LogP contribution in [0.5, 0.6) is 0 Å². The lowest BCUT2D eigenvalue weighted by Crippen LogP contribution is -2.36. The number of benzene rings is 1. The summed E-state index contributed by atoms with van der Waals surface area (Å²) in [6.45, 7) is 4.11. The predicted molar refractivity (Wildman–Crippen MR) is 84.0 cm³/mol. The Morgan fingerprint density at radius 1 is 1.05 bits per heavy atom. The summed E-state index contributed by atoms with van der Waals surface area (Å²) in [7, 11) is 0. The lowest BCUT2D eigenvalue weighted by Gasteiger charge is -2.34. The van der Waals surface area contributed by atoms with Crippen LogP contribution in [0, 0.1) is 11.8 Å². The number of ketones is 2. The summed E-state index contributed by atoms with van der Waals surface area (Å²) >= 11 is 6.00. The van der Waals surface area contributed by atoms with Crippen molar-refractivity contribution in [3.63, 3.8) is 0 Å². The molecule has 0 spiro atoms. The second-order valence-electron chi connectivity index (χ2n) is 6.02. The lowest BCUT2D eigenvalue weighted by atomic mass is 9.67. The first-order chi connectivity index (χ1) is 9.97. The number of Topliss-reactive ketones (excluding diaryl/α,β-unsaturated/α-hetero) is 1. The molecule has 1 aromatic rings. The van der Waals surface area contributed by atoms with Crippen molar-refractivity contribution in [2.75, 3.05) is 0 Å². The minimum atomic E-state index is -0.208. The molecule has 1 aromatic carbocycles. The zero-order valence-electron chi connectivity index (χ0n) is 12.2. The van der Waals surface area contributed by atoms with E-state index >= 15 is 0 Å². The van der Waals surface area contributed by atoms with Gasteiger partial charge in [0.25, 0.3) is 0 Å². The van der Waals surface area contributed by atoms with Gasteiger partial charge in [0.05, 0.1) is 0 Å². The zero-order chi connectivity index (χ0) is 15.1. The van der Waals surface area contributed by atoms with E-state index in [9.17, 15) is 9.59 Å². The van der Waals surface area contributed by atoms with E-state index in [1.54, 1.807) is 18.2 Å². The molecule has 0 N–H and O–H groups in total. The maximum atomic E-state index is 12.8. The minimum Gasteiger partial charge on any atom is -0.294 e. The Kier molecular flexibility index (Phi) is 3.58. The van der Waals surface area contributed by atoms with Crippen molar-refractivity contribution in [1.82, 2.24) is 0 Å². The molecule has 0 amide bonds. The van der Waals surface area contributed by atoms with Gasteiger partial charge in [-0.2, -0.15) is 0 Å². The van der Waals surface area contributed by atoms with Gasteiger partial charge < -0.3 is 0 Å². The van der Waals surface area contributed by atoms with Crippen LogP contribution in [-0.4, -0.2) is 11.6 Å². The highest BCUT2D eigenvalue weighted by Gasteiger charge is 2.41. The largest absolute Gasteiger partial charge is 0.294 e. The van der Waals surface area contributed by atoms with Crippen molar-refractivity contribution in [1.29, 1.82) is 0 Å². The highest BCUT2D eigenvalue weighted by atomic mass is 35.5. The van der Waals surface area contributed by atoms with Crippen LogP contribution in [0.3, 0.4) is 0 Å². The average Bonchev–Trinajstić information content (AvgIpc) is 2.45. The van der Waals surface area contributed by atoms with E-state index in [1.807, 2.05) is 6.07 Å². The Morgan fingerprint density at radius 2 is 1.71 bits per heavy atom. The van der Waals surface area contributed by atoms with Crippen LogP contribution >= 0.6 is 11.6 Å². The van der Waals surface area contributed by atoms with Gasteiger partial charge in [-0.3, -0.25) is 9.59 Å². The number of carbonyl (C=O) groups is 2. The Bertz CT molecular complexity index is 697. The highest BCUT2D eigenvalue weighted by molar-refractivity contribution is 6.32. The van der Waals surface area contributed by atoms with Crippen LogP contribution < -0.4 is 0 Å². The summed E-state index contributed by atoms with van der Waals surface area (Å²) in [5, 5.41) is 0.575. The van der Waals surface area contributed by atoms with Gasteiger partial charge in [0.2, 0.25) is 0 Å². The molecule has 0 fully saturated rings. The fourth-order valence-electron chi connectivity index (χ4n) is 3.27.